The second-order valence-electron chi connectivity index (χ2n) is 5.07. The number of carbonyl (C=O) groups is 1. The van der Waals surface area contributed by atoms with Crippen LogP contribution >= 0.6 is 0 Å². The molecule has 0 atom stereocenters. The molecule has 3 nitrogen and oxygen atoms in total. The van der Waals surface area contributed by atoms with Crippen LogP contribution in [0.1, 0.15) is 15.9 Å². The maximum Gasteiger partial charge on any atom is 0.418 e. The molecule has 0 fully saturated rings. The first-order valence-corrected chi connectivity index (χ1v) is 6.77. The van der Waals surface area contributed by atoms with Crippen molar-refractivity contribution in [3.05, 3.63) is 65.5 Å². The lowest BCUT2D eigenvalue weighted by Gasteiger charge is -2.13. The predicted octanol–water partition coefficient (Wildman–Crippen LogP) is 4.76. The Labute approximate surface area is 133 Å². The quantitative estimate of drug-likeness (QED) is 0.687. The molecule has 0 radical (unpaired) electrons. The van der Waals surface area contributed by atoms with Crippen molar-refractivity contribution in [1.82, 2.24) is 4.98 Å². The Kier molecular flexibility index (Phi) is 3.71. The van der Waals surface area contributed by atoms with Gasteiger partial charge in [0.2, 0.25) is 0 Å². The molecule has 0 saturated carbocycles. The van der Waals surface area contributed by atoms with Gasteiger partial charge in [-0.3, -0.25) is 0 Å². The molecule has 1 heterocycles. The standard InChI is InChI=1S/C17H9F4NO2/c18-10-6-4-9(5-7-10)14-8-12(16(23)24)11-2-1-3-13(15(11)22-14)17(19,20)21/h1-8H,(H,23,24). The monoisotopic (exact) mass is 335 g/mol. The molecule has 0 aliphatic heterocycles. The van der Waals surface area contributed by atoms with Crippen molar-refractivity contribution in [3.63, 3.8) is 0 Å². The fraction of sp³-hybridized carbons (Fsp3) is 0.0588. The highest BCUT2D eigenvalue weighted by Crippen LogP contribution is 2.36. The molecule has 0 aliphatic carbocycles. The molecule has 0 saturated heterocycles. The van der Waals surface area contributed by atoms with Crippen molar-refractivity contribution in [2.24, 2.45) is 0 Å². The number of carboxylic acids is 1. The van der Waals surface area contributed by atoms with Crippen molar-refractivity contribution in [2.75, 3.05) is 0 Å². The first kappa shape index (κ1) is 15.9. The number of para-hydroxylation sites is 1. The van der Waals surface area contributed by atoms with E-state index in [4.69, 9.17) is 0 Å². The summed E-state index contributed by atoms with van der Waals surface area (Å²) in [6.45, 7) is 0. The second kappa shape index (κ2) is 5.59. The lowest BCUT2D eigenvalue weighted by molar-refractivity contribution is -0.136. The molecular weight excluding hydrogens is 326 g/mol. The summed E-state index contributed by atoms with van der Waals surface area (Å²) in [7, 11) is 0. The minimum Gasteiger partial charge on any atom is -0.478 e. The van der Waals surface area contributed by atoms with Crippen molar-refractivity contribution >= 4 is 16.9 Å². The van der Waals surface area contributed by atoms with Gasteiger partial charge in [-0.15, -0.1) is 0 Å². The number of benzene rings is 2. The Bertz CT molecular complexity index is 934. The third-order valence-electron chi connectivity index (χ3n) is 3.52. The van der Waals surface area contributed by atoms with Gasteiger partial charge < -0.3 is 5.11 Å². The van der Waals surface area contributed by atoms with E-state index in [-0.39, 0.29) is 16.6 Å². The number of hydrogen-bond donors (Lipinski definition) is 1. The summed E-state index contributed by atoms with van der Waals surface area (Å²) in [6, 6.07) is 9.32. The van der Waals surface area contributed by atoms with Gasteiger partial charge in [0.05, 0.1) is 22.3 Å². The number of alkyl halides is 3. The zero-order valence-electron chi connectivity index (χ0n) is 11.9. The number of carboxylic acid groups (broad SMARTS) is 1. The maximum absolute atomic E-state index is 13.2. The number of pyridine rings is 1. The van der Waals surface area contributed by atoms with E-state index < -0.39 is 29.0 Å². The number of hydrogen-bond acceptors (Lipinski definition) is 2. The van der Waals surface area contributed by atoms with Crippen LogP contribution in [0.15, 0.2) is 48.5 Å². The third kappa shape index (κ3) is 2.80. The number of nitrogens with zero attached hydrogens (tertiary/aromatic N) is 1. The average Bonchev–Trinajstić information content (AvgIpc) is 2.52. The van der Waals surface area contributed by atoms with Gasteiger partial charge in [-0.2, -0.15) is 13.2 Å². The van der Waals surface area contributed by atoms with Gasteiger partial charge in [0, 0.05) is 10.9 Å². The first-order chi connectivity index (χ1) is 11.3. The number of fused-ring (bicyclic) bond motifs is 1. The zero-order valence-corrected chi connectivity index (χ0v) is 11.9. The van der Waals surface area contributed by atoms with Crippen molar-refractivity contribution < 1.29 is 27.5 Å². The lowest BCUT2D eigenvalue weighted by atomic mass is 10.0. The van der Waals surface area contributed by atoms with E-state index in [0.717, 1.165) is 24.3 Å². The van der Waals surface area contributed by atoms with Crippen molar-refractivity contribution in [3.8, 4) is 11.3 Å². The van der Waals surface area contributed by atoms with Crippen LogP contribution in [0.3, 0.4) is 0 Å². The smallest absolute Gasteiger partial charge is 0.418 e. The minimum atomic E-state index is -4.68. The van der Waals surface area contributed by atoms with Crippen LogP contribution in [0.4, 0.5) is 17.6 Å². The zero-order chi connectivity index (χ0) is 17.5. The van der Waals surface area contributed by atoms with E-state index in [1.807, 2.05) is 0 Å². The fourth-order valence-electron chi connectivity index (χ4n) is 2.42. The van der Waals surface area contributed by atoms with Crippen LogP contribution in [0.2, 0.25) is 0 Å². The van der Waals surface area contributed by atoms with Gasteiger partial charge in [0.1, 0.15) is 5.82 Å². The predicted molar refractivity (Wildman–Crippen MR) is 79.1 cm³/mol. The van der Waals surface area contributed by atoms with E-state index in [0.29, 0.717) is 5.56 Å². The summed E-state index contributed by atoms with van der Waals surface area (Å²) in [5.74, 6) is -1.89. The molecule has 0 spiro atoms. The van der Waals surface area contributed by atoms with Crippen LogP contribution in [0.25, 0.3) is 22.2 Å². The Morgan fingerprint density at radius 2 is 1.71 bits per heavy atom. The molecule has 0 aliphatic rings. The molecule has 0 amide bonds. The summed E-state index contributed by atoms with van der Waals surface area (Å²) in [5, 5.41) is 9.21. The Morgan fingerprint density at radius 3 is 2.29 bits per heavy atom. The number of aromatic carboxylic acids is 1. The minimum absolute atomic E-state index is 0.0246. The first-order valence-electron chi connectivity index (χ1n) is 6.77. The average molecular weight is 335 g/mol. The molecule has 3 aromatic rings. The van der Waals surface area contributed by atoms with Gasteiger partial charge in [0.15, 0.2) is 0 Å². The van der Waals surface area contributed by atoms with Gasteiger partial charge in [-0.25, -0.2) is 14.2 Å². The number of aromatic nitrogens is 1. The summed E-state index contributed by atoms with van der Waals surface area (Å²) in [6.07, 6.45) is -4.68. The molecule has 3 rings (SSSR count). The van der Waals surface area contributed by atoms with Gasteiger partial charge >= 0.3 is 12.1 Å². The van der Waals surface area contributed by atoms with E-state index in [1.54, 1.807) is 0 Å². The molecule has 24 heavy (non-hydrogen) atoms. The molecule has 1 N–H and O–H groups in total. The van der Waals surface area contributed by atoms with Gasteiger partial charge in [-0.05, 0) is 36.4 Å². The Balaban J connectivity index is 2.36. The van der Waals surface area contributed by atoms with Crippen LogP contribution in [0, 0.1) is 5.82 Å². The molecule has 2 aromatic carbocycles. The summed E-state index contributed by atoms with van der Waals surface area (Å²) in [4.78, 5) is 15.4. The highest BCUT2D eigenvalue weighted by Gasteiger charge is 2.34. The Hall–Kier alpha value is -2.96. The highest BCUT2D eigenvalue weighted by atomic mass is 19.4. The van der Waals surface area contributed by atoms with Gasteiger partial charge in [-0.1, -0.05) is 12.1 Å². The van der Waals surface area contributed by atoms with E-state index in [1.165, 1.54) is 24.3 Å². The molecule has 7 heteroatoms. The highest BCUT2D eigenvalue weighted by molar-refractivity contribution is 6.04. The Morgan fingerprint density at radius 1 is 1.04 bits per heavy atom. The van der Waals surface area contributed by atoms with Crippen LogP contribution in [-0.2, 0) is 6.18 Å². The molecule has 0 unspecified atom stereocenters. The van der Waals surface area contributed by atoms with Crippen molar-refractivity contribution in [1.29, 1.82) is 0 Å². The van der Waals surface area contributed by atoms with Crippen molar-refractivity contribution in [2.45, 2.75) is 6.18 Å². The van der Waals surface area contributed by atoms with E-state index in [2.05, 4.69) is 4.98 Å². The van der Waals surface area contributed by atoms with Crippen LogP contribution < -0.4 is 0 Å². The second-order valence-corrected chi connectivity index (χ2v) is 5.07. The number of halogens is 4. The van der Waals surface area contributed by atoms with Gasteiger partial charge in [0.25, 0.3) is 0 Å². The topological polar surface area (TPSA) is 50.2 Å². The molecule has 122 valence electrons. The number of rotatable bonds is 2. The fourth-order valence-corrected chi connectivity index (χ4v) is 2.42. The lowest BCUT2D eigenvalue weighted by Crippen LogP contribution is -2.09. The normalized spacial score (nSPS) is 11.7. The SMILES string of the molecule is O=C(O)c1cc(-c2ccc(F)cc2)nc2c(C(F)(F)F)cccc12. The van der Waals surface area contributed by atoms with E-state index >= 15 is 0 Å². The summed E-state index contributed by atoms with van der Waals surface area (Å²) < 4.78 is 52.6. The largest absolute Gasteiger partial charge is 0.478 e. The molecular formula is C17H9F4NO2. The van der Waals surface area contributed by atoms with Crippen LogP contribution in [-0.4, -0.2) is 16.1 Å². The molecule has 0 bridgehead atoms. The molecule has 1 aromatic heterocycles. The van der Waals surface area contributed by atoms with E-state index in [9.17, 15) is 27.5 Å². The van der Waals surface area contributed by atoms with Crippen LogP contribution in [0.5, 0.6) is 0 Å². The summed E-state index contributed by atoms with van der Waals surface area (Å²) in [5.41, 5.74) is -1.43. The maximum atomic E-state index is 13.2. The third-order valence-corrected chi connectivity index (χ3v) is 3.52. The summed E-state index contributed by atoms with van der Waals surface area (Å²) >= 11 is 0.